The summed E-state index contributed by atoms with van der Waals surface area (Å²) in [5, 5.41) is 3.45. The maximum absolute atomic E-state index is 14.3. The second kappa shape index (κ2) is 9.98. The number of carbonyl (C=O) groups is 2. The molecule has 1 N–H and O–H groups in total. The monoisotopic (exact) mass is 513 g/mol. The number of amides is 2. The molecule has 0 spiro atoms. The van der Waals surface area contributed by atoms with Crippen molar-refractivity contribution in [2.45, 2.75) is 44.7 Å². The fourth-order valence-electron chi connectivity index (χ4n) is 5.49. The molecule has 5 rings (SSSR count). The number of nitrogens with zero attached hydrogens (tertiary/aromatic N) is 4. The van der Waals surface area contributed by atoms with E-state index in [0.717, 1.165) is 23.0 Å². The van der Waals surface area contributed by atoms with Crippen molar-refractivity contribution in [3.8, 4) is 0 Å². The quantitative estimate of drug-likeness (QED) is 0.640. The van der Waals surface area contributed by atoms with Gasteiger partial charge in [0.1, 0.15) is 18.2 Å². The number of hydrogen-bond acceptors (Lipinski definition) is 6. The van der Waals surface area contributed by atoms with Gasteiger partial charge in [0.2, 0.25) is 5.91 Å². The standard InChI is InChI=1S/C27H33F2N5O3/c1-17-13-33(21(12-30-17)14-32-6-7-37-26(32)36)15-24(35)34-16-27(2,3)25-23(34)9-18(11-31-25)8-19-4-5-20(28)10-22(19)29/h4-5,9-11,17,21,30H,6-8,12-16H2,1-3H3/t17-,21-/m1/s1. The molecule has 2 amide bonds. The average Bonchev–Trinajstić information content (AvgIpc) is 3.36. The molecule has 4 heterocycles. The lowest BCUT2D eigenvalue weighted by Crippen LogP contribution is -2.60. The minimum absolute atomic E-state index is 0.00760. The van der Waals surface area contributed by atoms with E-state index >= 15 is 0 Å². The SMILES string of the molecule is C[C@@H]1CN(CC(=O)N2CC(C)(C)c3ncc(Cc4ccc(F)cc4F)cc32)[C@@H](CN2CCOC2=O)CN1. The van der Waals surface area contributed by atoms with Crippen molar-refractivity contribution < 1.29 is 23.1 Å². The van der Waals surface area contributed by atoms with Crippen molar-refractivity contribution >= 4 is 17.7 Å². The number of aromatic nitrogens is 1. The minimum Gasteiger partial charge on any atom is -0.448 e. The van der Waals surface area contributed by atoms with Crippen LogP contribution in [-0.2, 0) is 21.4 Å². The number of cyclic esters (lactones) is 1. The minimum atomic E-state index is -0.617. The molecule has 198 valence electrons. The van der Waals surface area contributed by atoms with E-state index in [2.05, 4.69) is 36.0 Å². The summed E-state index contributed by atoms with van der Waals surface area (Å²) < 4.78 is 32.7. The van der Waals surface area contributed by atoms with E-state index in [4.69, 9.17) is 4.74 Å². The fraction of sp³-hybridized carbons (Fsp3) is 0.519. The maximum atomic E-state index is 14.3. The number of anilines is 1. The van der Waals surface area contributed by atoms with Gasteiger partial charge in [0, 0.05) is 62.4 Å². The Hall–Kier alpha value is -3.11. The van der Waals surface area contributed by atoms with Gasteiger partial charge in [0.15, 0.2) is 0 Å². The van der Waals surface area contributed by atoms with E-state index in [1.807, 2.05) is 6.07 Å². The average molecular weight is 514 g/mol. The summed E-state index contributed by atoms with van der Waals surface area (Å²) in [6.07, 6.45) is 1.65. The van der Waals surface area contributed by atoms with Gasteiger partial charge in [-0.15, -0.1) is 0 Å². The largest absolute Gasteiger partial charge is 0.448 e. The van der Waals surface area contributed by atoms with Crippen LogP contribution in [0.15, 0.2) is 30.5 Å². The Morgan fingerprint density at radius 1 is 1.27 bits per heavy atom. The Balaban J connectivity index is 1.35. The first-order valence-corrected chi connectivity index (χ1v) is 12.7. The second-order valence-corrected chi connectivity index (χ2v) is 10.9. The molecule has 0 bridgehead atoms. The summed E-state index contributed by atoms with van der Waals surface area (Å²) in [5.74, 6) is -1.26. The van der Waals surface area contributed by atoms with Crippen LogP contribution in [0.3, 0.4) is 0 Å². The van der Waals surface area contributed by atoms with Crippen LogP contribution in [-0.4, -0.2) is 84.7 Å². The Labute approximate surface area is 215 Å². The van der Waals surface area contributed by atoms with Gasteiger partial charge in [-0.3, -0.25) is 14.7 Å². The molecule has 10 heteroatoms. The summed E-state index contributed by atoms with van der Waals surface area (Å²) >= 11 is 0. The van der Waals surface area contributed by atoms with Crippen molar-refractivity contribution in [1.82, 2.24) is 20.1 Å². The smallest absolute Gasteiger partial charge is 0.409 e. The molecule has 0 aliphatic carbocycles. The molecule has 3 aliphatic heterocycles. The Kier molecular flexibility index (Phi) is 6.89. The van der Waals surface area contributed by atoms with Crippen molar-refractivity contribution in [2.24, 2.45) is 0 Å². The lowest BCUT2D eigenvalue weighted by molar-refractivity contribution is -0.120. The molecule has 2 aromatic rings. The molecule has 0 saturated carbocycles. The van der Waals surface area contributed by atoms with Gasteiger partial charge < -0.3 is 19.9 Å². The van der Waals surface area contributed by atoms with Crippen molar-refractivity contribution in [1.29, 1.82) is 0 Å². The van der Waals surface area contributed by atoms with E-state index in [-0.39, 0.29) is 42.5 Å². The molecule has 1 aromatic carbocycles. The predicted octanol–water partition coefficient (Wildman–Crippen LogP) is 2.69. The topological polar surface area (TPSA) is 78.0 Å². The molecule has 0 radical (unpaired) electrons. The number of pyridine rings is 1. The van der Waals surface area contributed by atoms with Crippen LogP contribution in [0.25, 0.3) is 0 Å². The summed E-state index contributed by atoms with van der Waals surface area (Å²) in [7, 11) is 0. The zero-order valence-corrected chi connectivity index (χ0v) is 21.5. The molecule has 2 atom stereocenters. The van der Waals surface area contributed by atoms with Crippen LogP contribution >= 0.6 is 0 Å². The summed E-state index contributed by atoms with van der Waals surface area (Å²) in [5.41, 5.74) is 2.35. The van der Waals surface area contributed by atoms with Crippen LogP contribution in [0, 0.1) is 11.6 Å². The van der Waals surface area contributed by atoms with Gasteiger partial charge >= 0.3 is 6.09 Å². The summed E-state index contributed by atoms with van der Waals surface area (Å²) in [6.45, 7) is 9.72. The number of carbonyl (C=O) groups excluding carboxylic acids is 2. The molecular weight excluding hydrogens is 480 g/mol. The predicted molar refractivity (Wildman–Crippen MR) is 135 cm³/mol. The number of fused-ring (bicyclic) bond motifs is 1. The van der Waals surface area contributed by atoms with Crippen LogP contribution in [0.1, 0.15) is 37.6 Å². The van der Waals surface area contributed by atoms with E-state index in [1.165, 1.54) is 12.1 Å². The third-order valence-corrected chi connectivity index (χ3v) is 7.46. The van der Waals surface area contributed by atoms with E-state index < -0.39 is 11.6 Å². The lowest BCUT2D eigenvalue weighted by Gasteiger charge is -2.40. The summed E-state index contributed by atoms with van der Waals surface area (Å²) in [4.78, 5) is 36.0. The number of hydrogen-bond donors (Lipinski definition) is 1. The number of benzene rings is 1. The lowest BCUT2D eigenvalue weighted by atomic mass is 9.91. The highest BCUT2D eigenvalue weighted by molar-refractivity contribution is 5.97. The first-order chi connectivity index (χ1) is 17.6. The van der Waals surface area contributed by atoms with Crippen LogP contribution < -0.4 is 10.2 Å². The van der Waals surface area contributed by atoms with E-state index in [1.54, 1.807) is 16.0 Å². The molecule has 2 fully saturated rings. The molecule has 2 saturated heterocycles. The van der Waals surface area contributed by atoms with Gasteiger partial charge in [0.05, 0.1) is 24.5 Å². The molecule has 1 aromatic heterocycles. The Morgan fingerprint density at radius 3 is 2.81 bits per heavy atom. The zero-order valence-electron chi connectivity index (χ0n) is 21.5. The highest BCUT2D eigenvalue weighted by atomic mass is 19.1. The number of nitrogens with one attached hydrogen (secondary N) is 1. The third kappa shape index (κ3) is 5.31. The first kappa shape index (κ1) is 25.5. The van der Waals surface area contributed by atoms with Gasteiger partial charge in [0.25, 0.3) is 0 Å². The Bertz CT molecular complexity index is 1210. The highest BCUT2D eigenvalue weighted by Crippen LogP contribution is 2.40. The molecule has 0 unspecified atom stereocenters. The van der Waals surface area contributed by atoms with Gasteiger partial charge in [-0.25, -0.2) is 13.6 Å². The molecule has 8 nitrogen and oxygen atoms in total. The number of halogens is 2. The first-order valence-electron chi connectivity index (χ1n) is 12.7. The fourth-order valence-corrected chi connectivity index (χ4v) is 5.49. The van der Waals surface area contributed by atoms with E-state index in [0.29, 0.717) is 44.9 Å². The number of ether oxygens (including phenoxy) is 1. The van der Waals surface area contributed by atoms with E-state index in [9.17, 15) is 18.4 Å². The van der Waals surface area contributed by atoms with Crippen molar-refractivity contribution in [3.05, 3.63) is 58.9 Å². The van der Waals surface area contributed by atoms with Crippen LogP contribution in [0.5, 0.6) is 0 Å². The van der Waals surface area contributed by atoms with Gasteiger partial charge in [-0.1, -0.05) is 19.9 Å². The molecular formula is C27H33F2N5O3. The van der Waals surface area contributed by atoms with Crippen LogP contribution in [0.4, 0.5) is 19.3 Å². The highest BCUT2D eigenvalue weighted by Gasteiger charge is 2.41. The second-order valence-electron chi connectivity index (χ2n) is 10.9. The zero-order chi connectivity index (χ0) is 26.3. The van der Waals surface area contributed by atoms with Gasteiger partial charge in [-0.2, -0.15) is 0 Å². The normalized spacial score (nSPS) is 23.3. The summed E-state index contributed by atoms with van der Waals surface area (Å²) in [6, 6.07) is 5.66. The van der Waals surface area contributed by atoms with Gasteiger partial charge in [-0.05, 0) is 30.2 Å². The Morgan fingerprint density at radius 2 is 2.08 bits per heavy atom. The molecule has 37 heavy (non-hydrogen) atoms. The van der Waals surface area contributed by atoms with Crippen molar-refractivity contribution in [2.75, 3.05) is 50.8 Å². The molecule has 3 aliphatic rings. The van der Waals surface area contributed by atoms with Crippen LogP contribution in [0.2, 0.25) is 0 Å². The third-order valence-electron chi connectivity index (χ3n) is 7.46. The van der Waals surface area contributed by atoms with Crippen molar-refractivity contribution in [3.63, 3.8) is 0 Å². The number of rotatable bonds is 6. The maximum Gasteiger partial charge on any atom is 0.409 e. The number of piperazine rings is 1.